The van der Waals surface area contributed by atoms with Gasteiger partial charge in [-0.3, -0.25) is 0 Å². The lowest BCUT2D eigenvalue weighted by Gasteiger charge is -1.97. The third-order valence-corrected chi connectivity index (χ3v) is 5.89. The van der Waals surface area contributed by atoms with Crippen molar-refractivity contribution >= 4 is 23.1 Å². The van der Waals surface area contributed by atoms with E-state index < -0.39 is 0 Å². The van der Waals surface area contributed by atoms with Gasteiger partial charge in [0.15, 0.2) is 4.34 Å². The molecule has 3 heterocycles. The van der Waals surface area contributed by atoms with Gasteiger partial charge in [0.25, 0.3) is 5.89 Å². The van der Waals surface area contributed by atoms with Crippen LogP contribution in [0.25, 0.3) is 22.7 Å². The molecule has 0 spiro atoms. The molecule has 26 heavy (non-hydrogen) atoms. The molecule has 0 unspecified atom stereocenters. The monoisotopic (exact) mass is 383 g/mol. The largest absolute Gasteiger partial charge is 0.466 e. The molecule has 7 heteroatoms. The van der Waals surface area contributed by atoms with Crippen molar-refractivity contribution in [2.45, 2.75) is 30.9 Å². The molecule has 1 aromatic carbocycles. The number of thioether (sulfide) groups is 1. The van der Waals surface area contributed by atoms with Gasteiger partial charge in [0.2, 0.25) is 5.89 Å². The lowest BCUT2D eigenvalue weighted by molar-refractivity contribution is 0.499. The molecule has 3 aromatic heterocycles. The van der Waals surface area contributed by atoms with Gasteiger partial charge in [-0.15, -0.1) is 21.5 Å². The first-order chi connectivity index (χ1) is 12.6. The Kier molecular flexibility index (Phi) is 4.65. The fourth-order valence-electron chi connectivity index (χ4n) is 2.57. The highest BCUT2D eigenvalue weighted by atomic mass is 32.2. The van der Waals surface area contributed by atoms with Gasteiger partial charge in [-0.05, 0) is 26.8 Å². The van der Waals surface area contributed by atoms with Gasteiger partial charge >= 0.3 is 0 Å². The van der Waals surface area contributed by atoms with Crippen LogP contribution in [0.1, 0.15) is 23.0 Å². The van der Waals surface area contributed by atoms with Crippen LogP contribution in [0.3, 0.4) is 0 Å². The van der Waals surface area contributed by atoms with Gasteiger partial charge in [0.05, 0.1) is 17.0 Å². The zero-order chi connectivity index (χ0) is 18.1. The highest BCUT2D eigenvalue weighted by molar-refractivity contribution is 8.00. The summed E-state index contributed by atoms with van der Waals surface area (Å²) in [6.45, 7) is 5.87. The molecule has 0 aliphatic rings. The Bertz CT molecular complexity index is 1030. The molecule has 0 bridgehead atoms. The normalized spacial score (nSPS) is 11.2. The van der Waals surface area contributed by atoms with Crippen LogP contribution in [0.4, 0.5) is 0 Å². The van der Waals surface area contributed by atoms with Crippen LogP contribution >= 0.6 is 23.1 Å². The second kappa shape index (κ2) is 7.09. The molecule has 4 aromatic rings. The molecule has 0 saturated heterocycles. The molecule has 0 atom stereocenters. The van der Waals surface area contributed by atoms with Crippen molar-refractivity contribution in [3.05, 3.63) is 58.7 Å². The molecule has 4 rings (SSSR count). The van der Waals surface area contributed by atoms with Crippen molar-refractivity contribution in [3.8, 4) is 22.7 Å². The van der Waals surface area contributed by atoms with E-state index in [1.807, 2.05) is 19.9 Å². The van der Waals surface area contributed by atoms with Gasteiger partial charge in [-0.2, -0.15) is 0 Å². The summed E-state index contributed by atoms with van der Waals surface area (Å²) in [6.07, 6.45) is 0. The molecular weight excluding hydrogens is 366 g/mol. The molecule has 132 valence electrons. The number of hydrogen-bond donors (Lipinski definition) is 0. The molecule has 0 radical (unpaired) electrons. The zero-order valence-corrected chi connectivity index (χ0v) is 16.3. The van der Waals surface area contributed by atoms with E-state index >= 15 is 0 Å². The van der Waals surface area contributed by atoms with Gasteiger partial charge < -0.3 is 8.83 Å². The predicted molar refractivity (Wildman–Crippen MR) is 103 cm³/mol. The first-order valence-corrected chi connectivity index (χ1v) is 10.00. The molecule has 0 fully saturated rings. The average Bonchev–Trinajstić information content (AvgIpc) is 3.33. The topological polar surface area (TPSA) is 65.0 Å². The van der Waals surface area contributed by atoms with Crippen molar-refractivity contribution in [1.82, 2.24) is 15.2 Å². The fraction of sp³-hybridized carbons (Fsp3) is 0.211. The van der Waals surface area contributed by atoms with E-state index in [1.165, 1.54) is 5.56 Å². The van der Waals surface area contributed by atoms with Crippen LogP contribution in [0.15, 0.2) is 48.9 Å². The summed E-state index contributed by atoms with van der Waals surface area (Å²) in [7, 11) is 0. The maximum atomic E-state index is 5.76. The number of aromatic nitrogens is 3. The third-order valence-electron chi connectivity index (χ3n) is 3.89. The van der Waals surface area contributed by atoms with Crippen molar-refractivity contribution in [3.63, 3.8) is 0 Å². The summed E-state index contributed by atoms with van der Waals surface area (Å²) in [5.41, 5.74) is 4.22. The number of thiazole rings is 1. The highest BCUT2D eigenvalue weighted by Crippen LogP contribution is 2.31. The van der Waals surface area contributed by atoms with E-state index in [1.54, 1.807) is 23.1 Å². The summed E-state index contributed by atoms with van der Waals surface area (Å²) in [4.78, 5) is 4.68. The quantitative estimate of drug-likeness (QED) is 0.414. The van der Waals surface area contributed by atoms with Crippen molar-refractivity contribution < 1.29 is 8.83 Å². The molecule has 5 nitrogen and oxygen atoms in total. The molecule has 0 aliphatic carbocycles. The Balaban J connectivity index is 1.43. The van der Waals surface area contributed by atoms with Gasteiger partial charge in [-0.1, -0.05) is 41.6 Å². The Morgan fingerprint density at radius 2 is 1.85 bits per heavy atom. The number of rotatable bonds is 5. The molecular formula is C19H17N3O2S2. The van der Waals surface area contributed by atoms with Crippen LogP contribution < -0.4 is 0 Å². The Hall–Kier alpha value is -2.38. The Morgan fingerprint density at radius 1 is 1.04 bits per heavy atom. The van der Waals surface area contributed by atoms with E-state index in [0.29, 0.717) is 17.5 Å². The summed E-state index contributed by atoms with van der Waals surface area (Å²) < 4.78 is 12.3. The smallest absolute Gasteiger partial charge is 0.251 e. The van der Waals surface area contributed by atoms with Crippen LogP contribution in [-0.2, 0) is 5.75 Å². The first kappa shape index (κ1) is 17.1. The van der Waals surface area contributed by atoms with E-state index in [0.717, 1.165) is 32.7 Å². The van der Waals surface area contributed by atoms with E-state index in [9.17, 15) is 0 Å². The van der Waals surface area contributed by atoms with Crippen LogP contribution in [0.5, 0.6) is 0 Å². The maximum Gasteiger partial charge on any atom is 0.251 e. The van der Waals surface area contributed by atoms with E-state index in [4.69, 9.17) is 8.83 Å². The number of furan rings is 1. The van der Waals surface area contributed by atoms with Crippen molar-refractivity contribution in [1.29, 1.82) is 0 Å². The van der Waals surface area contributed by atoms with Gasteiger partial charge in [-0.25, -0.2) is 4.98 Å². The number of aryl methyl sites for hydroxylation is 3. The van der Waals surface area contributed by atoms with Crippen molar-refractivity contribution in [2.24, 2.45) is 0 Å². The molecule has 0 N–H and O–H groups in total. The summed E-state index contributed by atoms with van der Waals surface area (Å²) in [5.74, 6) is 3.28. The maximum absolute atomic E-state index is 5.76. The number of nitrogens with zero attached hydrogens (tertiary/aromatic N) is 3. The third kappa shape index (κ3) is 3.59. The zero-order valence-electron chi connectivity index (χ0n) is 14.6. The minimum Gasteiger partial charge on any atom is -0.466 e. The van der Waals surface area contributed by atoms with E-state index in [-0.39, 0.29) is 0 Å². The standard InChI is InChI=1S/C19H17N3O2S2/c1-11-4-6-14(7-5-11)16-9-25-19(20-16)26-10-17-21-22-18(24-17)15-8-12(2)23-13(15)3/h4-9H,10H2,1-3H3. The Morgan fingerprint density at radius 3 is 2.58 bits per heavy atom. The summed E-state index contributed by atoms with van der Waals surface area (Å²) in [5, 5.41) is 10.3. The van der Waals surface area contributed by atoms with Crippen LogP contribution in [-0.4, -0.2) is 15.2 Å². The average molecular weight is 383 g/mol. The lowest BCUT2D eigenvalue weighted by Crippen LogP contribution is -1.81. The molecule has 0 amide bonds. The predicted octanol–water partition coefficient (Wildman–Crippen LogP) is 5.67. The fourth-order valence-corrected chi connectivity index (χ4v) is 4.24. The highest BCUT2D eigenvalue weighted by Gasteiger charge is 2.15. The number of benzene rings is 1. The lowest BCUT2D eigenvalue weighted by atomic mass is 10.1. The number of hydrogen-bond acceptors (Lipinski definition) is 7. The van der Waals surface area contributed by atoms with Crippen LogP contribution in [0, 0.1) is 20.8 Å². The van der Waals surface area contributed by atoms with Gasteiger partial charge in [0.1, 0.15) is 11.5 Å². The molecule has 0 aliphatic heterocycles. The molecule has 0 saturated carbocycles. The van der Waals surface area contributed by atoms with Crippen LogP contribution in [0.2, 0.25) is 0 Å². The van der Waals surface area contributed by atoms with Crippen molar-refractivity contribution in [2.75, 3.05) is 0 Å². The minimum absolute atomic E-state index is 0.495. The Labute approximate surface area is 159 Å². The summed E-state index contributed by atoms with van der Waals surface area (Å²) in [6, 6.07) is 10.3. The second-order valence-electron chi connectivity index (χ2n) is 5.98. The van der Waals surface area contributed by atoms with Gasteiger partial charge in [0, 0.05) is 10.9 Å². The van der Waals surface area contributed by atoms with E-state index in [2.05, 4.69) is 51.8 Å². The first-order valence-electron chi connectivity index (χ1n) is 8.13. The minimum atomic E-state index is 0.495. The summed E-state index contributed by atoms with van der Waals surface area (Å²) >= 11 is 3.22. The SMILES string of the molecule is Cc1ccc(-c2csc(SCc3nnc(-c4cc(C)oc4C)o3)n2)cc1. The second-order valence-corrected chi connectivity index (χ2v) is 8.06.